The van der Waals surface area contributed by atoms with Crippen molar-refractivity contribution in [2.75, 3.05) is 6.54 Å². The van der Waals surface area contributed by atoms with E-state index in [0.717, 1.165) is 13.0 Å². The number of benzene rings is 1. The van der Waals surface area contributed by atoms with E-state index >= 15 is 0 Å². The van der Waals surface area contributed by atoms with Crippen LogP contribution in [-0.2, 0) is 0 Å². The van der Waals surface area contributed by atoms with Crippen LogP contribution in [0.2, 0.25) is 0 Å². The SMILES string of the molecule is CC1CC(c2ccccc2)NCC1N. The molecule has 1 saturated heterocycles. The second kappa shape index (κ2) is 4.11. The van der Waals surface area contributed by atoms with Crippen LogP contribution in [0, 0.1) is 5.92 Å². The van der Waals surface area contributed by atoms with Gasteiger partial charge in [0, 0.05) is 18.6 Å². The Morgan fingerprint density at radius 1 is 1.29 bits per heavy atom. The quantitative estimate of drug-likeness (QED) is 0.707. The molecule has 0 spiro atoms. The van der Waals surface area contributed by atoms with Gasteiger partial charge >= 0.3 is 0 Å². The molecular weight excluding hydrogens is 172 g/mol. The summed E-state index contributed by atoms with van der Waals surface area (Å²) in [6.45, 7) is 3.17. The molecule has 3 N–H and O–H groups in total. The fraction of sp³-hybridized carbons (Fsp3) is 0.500. The molecule has 2 heteroatoms. The predicted molar refractivity (Wildman–Crippen MR) is 58.9 cm³/mol. The lowest BCUT2D eigenvalue weighted by Crippen LogP contribution is -2.46. The zero-order valence-electron chi connectivity index (χ0n) is 8.61. The molecule has 76 valence electrons. The van der Waals surface area contributed by atoms with Crippen LogP contribution in [-0.4, -0.2) is 12.6 Å². The minimum atomic E-state index is 0.315. The van der Waals surface area contributed by atoms with Crippen LogP contribution in [0.1, 0.15) is 24.9 Å². The van der Waals surface area contributed by atoms with E-state index in [2.05, 4.69) is 42.6 Å². The molecule has 0 aromatic heterocycles. The Kier molecular flexibility index (Phi) is 2.85. The lowest BCUT2D eigenvalue weighted by atomic mass is 9.87. The molecule has 0 aliphatic carbocycles. The molecule has 2 nitrogen and oxygen atoms in total. The summed E-state index contributed by atoms with van der Waals surface area (Å²) < 4.78 is 0. The van der Waals surface area contributed by atoms with Crippen LogP contribution in [0.3, 0.4) is 0 Å². The highest BCUT2D eigenvalue weighted by atomic mass is 15.0. The normalized spacial score (nSPS) is 32.9. The van der Waals surface area contributed by atoms with Gasteiger partial charge in [-0.05, 0) is 17.9 Å². The van der Waals surface area contributed by atoms with Crippen LogP contribution < -0.4 is 11.1 Å². The van der Waals surface area contributed by atoms with Crippen molar-refractivity contribution in [1.82, 2.24) is 5.32 Å². The first-order chi connectivity index (χ1) is 6.77. The predicted octanol–water partition coefficient (Wildman–Crippen LogP) is 1.68. The summed E-state index contributed by atoms with van der Waals surface area (Å²) >= 11 is 0. The monoisotopic (exact) mass is 190 g/mol. The molecule has 0 radical (unpaired) electrons. The average Bonchev–Trinajstić information content (AvgIpc) is 2.23. The number of nitrogens with one attached hydrogen (secondary N) is 1. The first-order valence-electron chi connectivity index (χ1n) is 5.31. The summed E-state index contributed by atoms with van der Waals surface area (Å²) in [5, 5.41) is 3.49. The highest BCUT2D eigenvalue weighted by molar-refractivity contribution is 5.19. The van der Waals surface area contributed by atoms with Crippen molar-refractivity contribution in [3.05, 3.63) is 35.9 Å². The standard InChI is InChI=1S/C12H18N2/c1-9-7-12(14-8-11(9)13)10-5-3-2-4-6-10/h2-6,9,11-12,14H,7-8,13H2,1H3. The van der Waals surface area contributed by atoms with Gasteiger partial charge in [0.05, 0.1) is 0 Å². The summed E-state index contributed by atoms with van der Waals surface area (Å²) in [7, 11) is 0. The van der Waals surface area contributed by atoms with Gasteiger partial charge in [-0.25, -0.2) is 0 Å². The Bertz CT molecular complexity index is 284. The summed E-state index contributed by atoms with van der Waals surface area (Å²) in [5.41, 5.74) is 7.34. The van der Waals surface area contributed by atoms with Crippen molar-refractivity contribution < 1.29 is 0 Å². The van der Waals surface area contributed by atoms with Crippen LogP contribution in [0.4, 0.5) is 0 Å². The Labute approximate surface area is 85.5 Å². The second-order valence-electron chi connectivity index (χ2n) is 4.25. The van der Waals surface area contributed by atoms with Crippen LogP contribution in [0.25, 0.3) is 0 Å². The van der Waals surface area contributed by atoms with Crippen LogP contribution in [0.15, 0.2) is 30.3 Å². The highest BCUT2D eigenvalue weighted by Gasteiger charge is 2.24. The van der Waals surface area contributed by atoms with Gasteiger partial charge in [-0.2, -0.15) is 0 Å². The highest BCUT2D eigenvalue weighted by Crippen LogP contribution is 2.25. The van der Waals surface area contributed by atoms with Gasteiger partial charge in [0.1, 0.15) is 0 Å². The minimum Gasteiger partial charge on any atom is -0.326 e. The third-order valence-corrected chi connectivity index (χ3v) is 3.14. The van der Waals surface area contributed by atoms with Crippen LogP contribution >= 0.6 is 0 Å². The maximum absolute atomic E-state index is 5.96. The fourth-order valence-electron chi connectivity index (χ4n) is 2.05. The van der Waals surface area contributed by atoms with E-state index in [1.165, 1.54) is 5.56 Å². The van der Waals surface area contributed by atoms with Crippen molar-refractivity contribution in [2.45, 2.75) is 25.4 Å². The molecule has 1 aromatic rings. The van der Waals surface area contributed by atoms with E-state index in [0.29, 0.717) is 18.0 Å². The summed E-state index contributed by atoms with van der Waals surface area (Å²) in [4.78, 5) is 0. The van der Waals surface area contributed by atoms with E-state index in [4.69, 9.17) is 5.73 Å². The van der Waals surface area contributed by atoms with Crippen molar-refractivity contribution >= 4 is 0 Å². The lowest BCUT2D eigenvalue weighted by molar-refractivity contribution is 0.286. The largest absolute Gasteiger partial charge is 0.326 e. The van der Waals surface area contributed by atoms with E-state index in [1.807, 2.05) is 0 Å². The smallest absolute Gasteiger partial charge is 0.0324 e. The van der Waals surface area contributed by atoms with Crippen molar-refractivity contribution in [3.63, 3.8) is 0 Å². The van der Waals surface area contributed by atoms with E-state index in [9.17, 15) is 0 Å². The van der Waals surface area contributed by atoms with Gasteiger partial charge in [-0.15, -0.1) is 0 Å². The van der Waals surface area contributed by atoms with Gasteiger partial charge in [0.15, 0.2) is 0 Å². The topological polar surface area (TPSA) is 38.0 Å². The Morgan fingerprint density at radius 2 is 2.00 bits per heavy atom. The zero-order chi connectivity index (χ0) is 9.97. The molecular formula is C12H18N2. The van der Waals surface area contributed by atoms with Gasteiger partial charge in [-0.3, -0.25) is 0 Å². The van der Waals surface area contributed by atoms with Gasteiger partial charge < -0.3 is 11.1 Å². The molecule has 0 bridgehead atoms. The Hall–Kier alpha value is -0.860. The molecule has 1 heterocycles. The zero-order valence-corrected chi connectivity index (χ0v) is 8.61. The lowest BCUT2D eigenvalue weighted by Gasteiger charge is -2.33. The Balaban J connectivity index is 2.07. The van der Waals surface area contributed by atoms with Crippen molar-refractivity contribution in [1.29, 1.82) is 0 Å². The maximum Gasteiger partial charge on any atom is 0.0324 e. The summed E-state index contributed by atoms with van der Waals surface area (Å²) in [6, 6.07) is 11.4. The van der Waals surface area contributed by atoms with Crippen LogP contribution in [0.5, 0.6) is 0 Å². The maximum atomic E-state index is 5.96. The molecule has 0 saturated carbocycles. The first-order valence-corrected chi connectivity index (χ1v) is 5.31. The fourth-order valence-corrected chi connectivity index (χ4v) is 2.05. The minimum absolute atomic E-state index is 0.315. The second-order valence-corrected chi connectivity index (χ2v) is 4.25. The number of piperidine rings is 1. The molecule has 1 aromatic carbocycles. The molecule has 3 unspecified atom stereocenters. The molecule has 3 atom stereocenters. The van der Waals surface area contributed by atoms with Crippen molar-refractivity contribution in [2.24, 2.45) is 11.7 Å². The molecule has 14 heavy (non-hydrogen) atoms. The number of hydrogen-bond donors (Lipinski definition) is 2. The van der Waals surface area contributed by atoms with Crippen molar-refractivity contribution in [3.8, 4) is 0 Å². The summed E-state index contributed by atoms with van der Waals surface area (Å²) in [5.74, 6) is 0.612. The van der Waals surface area contributed by atoms with E-state index in [1.54, 1.807) is 0 Å². The summed E-state index contributed by atoms with van der Waals surface area (Å²) in [6.07, 6.45) is 1.14. The molecule has 1 fully saturated rings. The molecule has 1 aliphatic rings. The third kappa shape index (κ3) is 1.97. The molecule has 1 aliphatic heterocycles. The number of nitrogens with two attached hydrogens (primary N) is 1. The van der Waals surface area contributed by atoms with E-state index in [-0.39, 0.29) is 0 Å². The molecule has 2 rings (SSSR count). The van der Waals surface area contributed by atoms with Gasteiger partial charge in [0.2, 0.25) is 0 Å². The third-order valence-electron chi connectivity index (χ3n) is 3.14. The number of rotatable bonds is 1. The van der Waals surface area contributed by atoms with Gasteiger partial charge in [0.25, 0.3) is 0 Å². The number of hydrogen-bond acceptors (Lipinski definition) is 2. The Morgan fingerprint density at radius 3 is 2.64 bits per heavy atom. The molecule has 0 amide bonds. The van der Waals surface area contributed by atoms with E-state index < -0.39 is 0 Å². The van der Waals surface area contributed by atoms with Gasteiger partial charge in [-0.1, -0.05) is 37.3 Å². The average molecular weight is 190 g/mol. The first kappa shape index (κ1) is 9.69.